The van der Waals surface area contributed by atoms with Crippen molar-refractivity contribution < 1.29 is 9.47 Å². The van der Waals surface area contributed by atoms with Crippen molar-refractivity contribution in [2.45, 2.75) is 19.5 Å². The van der Waals surface area contributed by atoms with Gasteiger partial charge in [-0.25, -0.2) is 4.98 Å². The van der Waals surface area contributed by atoms with Crippen LogP contribution in [0.1, 0.15) is 24.1 Å². The summed E-state index contributed by atoms with van der Waals surface area (Å²) in [6.07, 6.45) is 1.82. The fourth-order valence-electron chi connectivity index (χ4n) is 2.04. The van der Waals surface area contributed by atoms with Crippen molar-refractivity contribution in [1.29, 1.82) is 0 Å². The number of nitrogens with zero attached hydrogens (tertiary/aromatic N) is 1. The molecule has 0 saturated heterocycles. The van der Waals surface area contributed by atoms with Crippen LogP contribution in [0.3, 0.4) is 0 Å². The number of aromatic nitrogens is 1. The maximum Gasteiger partial charge on any atom is 0.212 e. The zero-order valence-electron chi connectivity index (χ0n) is 12.1. The van der Waals surface area contributed by atoms with E-state index in [2.05, 4.69) is 23.3 Å². The molecule has 1 N–H and O–H groups in total. The number of methoxy groups -OCH3 is 2. The first-order valence-corrected chi connectivity index (χ1v) is 6.60. The Balaban J connectivity index is 1.98. The molecule has 20 heavy (non-hydrogen) atoms. The Hall–Kier alpha value is -2.07. The molecule has 0 unspecified atom stereocenters. The third-order valence-corrected chi connectivity index (χ3v) is 3.22. The van der Waals surface area contributed by atoms with Gasteiger partial charge in [-0.15, -0.1) is 0 Å². The molecule has 1 aromatic heterocycles. The van der Waals surface area contributed by atoms with Crippen LogP contribution in [0.5, 0.6) is 11.6 Å². The molecule has 0 aliphatic heterocycles. The average molecular weight is 272 g/mol. The Morgan fingerprint density at radius 3 is 2.55 bits per heavy atom. The lowest BCUT2D eigenvalue weighted by molar-refractivity contribution is 0.397. The topological polar surface area (TPSA) is 43.4 Å². The van der Waals surface area contributed by atoms with Crippen LogP contribution in [-0.2, 0) is 6.54 Å². The summed E-state index contributed by atoms with van der Waals surface area (Å²) in [6, 6.07) is 12.1. The summed E-state index contributed by atoms with van der Waals surface area (Å²) in [5, 5.41) is 3.47. The van der Waals surface area contributed by atoms with Gasteiger partial charge in [-0.3, -0.25) is 0 Å². The minimum atomic E-state index is 0.202. The molecular formula is C16H20N2O2. The highest BCUT2D eigenvalue weighted by Gasteiger charge is 2.10. The van der Waals surface area contributed by atoms with Crippen LogP contribution in [0, 0.1) is 0 Å². The Labute approximate surface area is 119 Å². The Bertz CT molecular complexity index is 540. The largest absolute Gasteiger partial charge is 0.496 e. The number of rotatable bonds is 6. The van der Waals surface area contributed by atoms with E-state index < -0.39 is 0 Å². The standard InChI is InChI=1S/C16H20N2O2/c1-12(14-6-4-5-7-15(14)19-2)17-10-13-8-9-16(20-3)18-11-13/h4-9,11-12,17H,10H2,1-3H3/t12-/m0/s1. The number of nitrogens with one attached hydrogen (secondary N) is 1. The molecule has 0 radical (unpaired) electrons. The van der Waals surface area contributed by atoms with Crippen LogP contribution in [0.15, 0.2) is 42.6 Å². The second-order valence-corrected chi connectivity index (χ2v) is 4.55. The highest BCUT2D eigenvalue weighted by atomic mass is 16.5. The minimum absolute atomic E-state index is 0.202. The van der Waals surface area contributed by atoms with E-state index in [-0.39, 0.29) is 6.04 Å². The number of pyridine rings is 1. The number of benzene rings is 1. The van der Waals surface area contributed by atoms with Crippen LogP contribution in [0.25, 0.3) is 0 Å². The van der Waals surface area contributed by atoms with Crippen molar-refractivity contribution in [3.8, 4) is 11.6 Å². The van der Waals surface area contributed by atoms with E-state index in [0.717, 1.165) is 23.4 Å². The molecule has 0 saturated carbocycles. The van der Waals surface area contributed by atoms with Crippen molar-refractivity contribution in [3.63, 3.8) is 0 Å². The van der Waals surface area contributed by atoms with Crippen molar-refractivity contribution in [2.24, 2.45) is 0 Å². The molecule has 0 fully saturated rings. The predicted molar refractivity (Wildman–Crippen MR) is 79.0 cm³/mol. The van der Waals surface area contributed by atoms with Crippen LogP contribution in [-0.4, -0.2) is 19.2 Å². The molecule has 1 atom stereocenters. The van der Waals surface area contributed by atoms with Crippen molar-refractivity contribution in [3.05, 3.63) is 53.7 Å². The molecule has 106 valence electrons. The molecule has 0 spiro atoms. The lowest BCUT2D eigenvalue weighted by atomic mass is 10.1. The number of ether oxygens (including phenoxy) is 2. The molecule has 4 heteroatoms. The van der Waals surface area contributed by atoms with Crippen LogP contribution < -0.4 is 14.8 Å². The van der Waals surface area contributed by atoms with E-state index in [0.29, 0.717) is 5.88 Å². The lowest BCUT2D eigenvalue weighted by Crippen LogP contribution is -2.18. The SMILES string of the molecule is COc1ccc(CN[C@@H](C)c2ccccc2OC)cn1. The molecule has 0 bridgehead atoms. The molecule has 1 heterocycles. The zero-order valence-corrected chi connectivity index (χ0v) is 12.1. The van der Waals surface area contributed by atoms with Gasteiger partial charge in [0.05, 0.1) is 14.2 Å². The quantitative estimate of drug-likeness (QED) is 0.878. The van der Waals surface area contributed by atoms with Gasteiger partial charge in [-0.2, -0.15) is 0 Å². The van der Waals surface area contributed by atoms with Gasteiger partial charge < -0.3 is 14.8 Å². The molecule has 2 rings (SSSR count). The van der Waals surface area contributed by atoms with Gasteiger partial charge in [0.1, 0.15) is 5.75 Å². The van der Waals surface area contributed by atoms with Crippen molar-refractivity contribution in [1.82, 2.24) is 10.3 Å². The monoisotopic (exact) mass is 272 g/mol. The van der Waals surface area contributed by atoms with E-state index in [1.165, 1.54) is 0 Å². The second-order valence-electron chi connectivity index (χ2n) is 4.55. The van der Waals surface area contributed by atoms with E-state index in [1.54, 1.807) is 14.2 Å². The minimum Gasteiger partial charge on any atom is -0.496 e. The van der Waals surface area contributed by atoms with Crippen LogP contribution >= 0.6 is 0 Å². The first-order valence-electron chi connectivity index (χ1n) is 6.60. The van der Waals surface area contributed by atoms with Gasteiger partial charge in [0.15, 0.2) is 0 Å². The maximum absolute atomic E-state index is 5.38. The Morgan fingerprint density at radius 1 is 1.10 bits per heavy atom. The average Bonchev–Trinajstić information content (AvgIpc) is 2.53. The predicted octanol–water partition coefficient (Wildman–Crippen LogP) is 2.95. The molecular weight excluding hydrogens is 252 g/mol. The van der Waals surface area contributed by atoms with Gasteiger partial charge in [-0.1, -0.05) is 24.3 Å². The molecule has 0 aliphatic rings. The van der Waals surface area contributed by atoms with Gasteiger partial charge in [0.25, 0.3) is 0 Å². The van der Waals surface area contributed by atoms with Crippen LogP contribution in [0.4, 0.5) is 0 Å². The number of hydrogen-bond donors (Lipinski definition) is 1. The second kappa shape index (κ2) is 6.91. The molecule has 2 aromatic rings. The summed E-state index contributed by atoms with van der Waals surface area (Å²) < 4.78 is 10.4. The molecule has 0 amide bonds. The highest BCUT2D eigenvalue weighted by Crippen LogP contribution is 2.24. The highest BCUT2D eigenvalue weighted by molar-refractivity contribution is 5.35. The Morgan fingerprint density at radius 2 is 1.90 bits per heavy atom. The molecule has 1 aromatic carbocycles. The summed E-state index contributed by atoms with van der Waals surface area (Å²) in [6.45, 7) is 2.87. The third-order valence-electron chi connectivity index (χ3n) is 3.22. The van der Waals surface area contributed by atoms with Gasteiger partial charge in [-0.05, 0) is 18.6 Å². The summed E-state index contributed by atoms with van der Waals surface area (Å²) in [5.74, 6) is 1.53. The van der Waals surface area contributed by atoms with Gasteiger partial charge in [0, 0.05) is 30.4 Å². The summed E-state index contributed by atoms with van der Waals surface area (Å²) in [5.41, 5.74) is 2.27. The first-order chi connectivity index (χ1) is 9.74. The smallest absolute Gasteiger partial charge is 0.212 e. The Kier molecular flexibility index (Phi) is 4.96. The van der Waals surface area contributed by atoms with Crippen molar-refractivity contribution in [2.75, 3.05) is 14.2 Å². The van der Waals surface area contributed by atoms with Crippen molar-refractivity contribution >= 4 is 0 Å². The fourth-order valence-corrected chi connectivity index (χ4v) is 2.04. The first kappa shape index (κ1) is 14.3. The lowest BCUT2D eigenvalue weighted by Gasteiger charge is -2.17. The normalized spacial score (nSPS) is 11.9. The van der Waals surface area contributed by atoms with Gasteiger partial charge in [0.2, 0.25) is 5.88 Å². The summed E-state index contributed by atoms with van der Waals surface area (Å²) in [7, 11) is 3.31. The van der Waals surface area contributed by atoms with Gasteiger partial charge >= 0.3 is 0 Å². The number of hydrogen-bond acceptors (Lipinski definition) is 4. The summed E-state index contributed by atoms with van der Waals surface area (Å²) >= 11 is 0. The van der Waals surface area contributed by atoms with E-state index in [4.69, 9.17) is 9.47 Å². The molecule has 0 aliphatic carbocycles. The van der Waals surface area contributed by atoms with Crippen LogP contribution in [0.2, 0.25) is 0 Å². The number of para-hydroxylation sites is 1. The van der Waals surface area contributed by atoms with E-state index in [9.17, 15) is 0 Å². The molecule has 4 nitrogen and oxygen atoms in total. The maximum atomic E-state index is 5.38. The fraction of sp³-hybridized carbons (Fsp3) is 0.312. The third kappa shape index (κ3) is 3.48. The van der Waals surface area contributed by atoms with E-state index in [1.807, 2.05) is 36.5 Å². The summed E-state index contributed by atoms with van der Waals surface area (Å²) in [4.78, 5) is 4.19. The van der Waals surface area contributed by atoms with E-state index >= 15 is 0 Å². The zero-order chi connectivity index (χ0) is 14.4.